The van der Waals surface area contributed by atoms with Gasteiger partial charge in [-0.05, 0) is 111 Å². The van der Waals surface area contributed by atoms with Crippen molar-refractivity contribution in [3.05, 3.63) is 70.8 Å². The quantitative estimate of drug-likeness (QED) is 0.0988. The SMILES string of the molecule is CNC(C)C(=O)N[C@H]1CCS[C@H]2CC(C)(C)[C@@H](C(=O)N[C@H]3c4ccccc4C[C@H]3OCCCCCCO[C@@H]3Cc4ccccc4[C@@H]3NC(=O)[C@H]3N4C(=O)[C@@H](NC(=O)C(C)NC)CCS[C@H]4CC3(C)C)N2C1=O.Cl.Cl. The molecule has 2 aromatic carbocycles. The highest BCUT2D eigenvalue weighted by Gasteiger charge is 2.57. The second-order valence-electron chi connectivity index (χ2n) is 22.1. The summed E-state index contributed by atoms with van der Waals surface area (Å²) in [5.74, 6) is 0.117. The van der Waals surface area contributed by atoms with Gasteiger partial charge in [0, 0.05) is 26.1 Å². The normalized spacial score (nSPS) is 29.2. The summed E-state index contributed by atoms with van der Waals surface area (Å²) in [6, 6.07) is 11.8. The molecule has 0 spiro atoms. The van der Waals surface area contributed by atoms with Crippen molar-refractivity contribution in [2.45, 2.75) is 177 Å². The van der Waals surface area contributed by atoms with Crippen LogP contribution in [-0.4, -0.2) is 143 Å². The predicted molar refractivity (Wildman–Crippen MR) is 295 cm³/mol. The molecule has 4 heterocycles. The van der Waals surface area contributed by atoms with E-state index in [0.717, 1.165) is 47.9 Å². The van der Waals surface area contributed by atoms with Crippen LogP contribution in [-0.2, 0) is 51.1 Å². The average Bonchev–Trinajstić information content (AvgIpc) is 3.99. The summed E-state index contributed by atoms with van der Waals surface area (Å²) in [5.41, 5.74) is 3.37. The first-order valence-corrected chi connectivity index (χ1v) is 28.4. The first-order valence-electron chi connectivity index (χ1n) is 26.3. The van der Waals surface area contributed by atoms with Gasteiger partial charge in [0.05, 0.1) is 47.1 Å². The van der Waals surface area contributed by atoms with E-state index < -0.39 is 47.1 Å². The number of halogens is 2. The maximum absolute atomic E-state index is 14.6. The third-order valence-electron chi connectivity index (χ3n) is 16.0. The van der Waals surface area contributed by atoms with Crippen molar-refractivity contribution >= 4 is 83.8 Å². The number of carbonyl (C=O) groups is 6. The van der Waals surface area contributed by atoms with Crippen LogP contribution in [0.5, 0.6) is 0 Å². The molecular weight excluding hydrogens is 1020 g/mol. The van der Waals surface area contributed by atoms with Gasteiger partial charge in [0.2, 0.25) is 35.4 Å². The minimum Gasteiger partial charge on any atom is -0.375 e. The van der Waals surface area contributed by atoms with Gasteiger partial charge in [-0.2, -0.15) is 0 Å². The number of hydrogen-bond donors (Lipinski definition) is 6. The molecule has 0 bridgehead atoms. The van der Waals surface area contributed by atoms with Crippen LogP contribution in [0.4, 0.5) is 0 Å². The van der Waals surface area contributed by atoms with Gasteiger partial charge >= 0.3 is 0 Å². The second kappa shape index (κ2) is 25.7. The Balaban J connectivity index is 0.00000446. The molecule has 6 amide bonds. The van der Waals surface area contributed by atoms with E-state index in [1.165, 1.54) is 0 Å². The van der Waals surface area contributed by atoms with Crippen LogP contribution in [0, 0.1) is 10.8 Å². The van der Waals surface area contributed by atoms with Crippen LogP contribution in [0.1, 0.15) is 127 Å². The fraction of sp³-hybridized carbons (Fsp3) is 0.667. The van der Waals surface area contributed by atoms with Crippen molar-refractivity contribution in [1.29, 1.82) is 0 Å². The third-order valence-corrected chi connectivity index (χ3v) is 18.5. The topological polar surface area (TPSA) is 200 Å². The van der Waals surface area contributed by atoms with Crippen molar-refractivity contribution in [3.8, 4) is 0 Å². The molecule has 4 saturated heterocycles. The summed E-state index contributed by atoms with van der Waals surface area (Å²) in [7, 11) is 3.42. The number of nitrogens with zero attached hydrogens (tertiary/aromatic N) is 2. The molecule has 6 N–H and O–H groups in total. The molecule has 16 nitrogen and oxygen atoms in total. The number of fused-ring (bicyclic) bond motifs is 4. The average molecular weight is 1100 g/mol. The molecule has 0 saturated carbocycles. The maximum atomic E-state index is 14.6. The second-order valence-corrected chi connectivity index (χ2v) is 24.6. The molecule has 0 radical (unpaired) electrons. The van der Waals surface area contributed by atoms with Crippen molar-refractivity contribution < 1.29 is 38.2 Å². The lowest BCUT2D eigenvalue weighted by Crippen LogP contribution is -2.58. The van der Waals surface area contributed by atoms with E-state index >= 15 is 0 Å². The molecule has 8 rings (SSSR count). The van der Waals surface area contributed by atoms with E-state index in [0.29, 0.717) is 63.2 Å². The number of ether oxygens (including phenoxy) is 2. The molecule has 6 aliphatic rings. The van der Waals surface area contributed by atoms with Crippen LogP contribution >= 0.6 is 48.3 Å². The van der Waals surface area contributed by atoms with Gasteiger partial charge in [0.1, 0.15) is 24.2 Å². The minimum atomic E-state index is -0.708. The van der Waals surface area contributed by atoms with Crippen LogP contribution < -0.4 is 31.9 Å². The molecule has 74 heavy (non-hydrogen) atoms. The minimum absolute atomic E-state index is 0. The zero-order valence-electron chi connectivity index (χ0n) is 44.2. The zero-order chi connectivity index (χ0) is 51.5. The lowest BCUT2D eigenvalue weighted by atomic mass is 9.83. The lowest BCUT2D eigenvalue weighted by Gasteiger charge is -2.35. The molecule has 2 unspecified atom stereocenters. The lowest BCUT2D eigenvalue weighted by molar-refractivity contribution is -0.144. The molecule has 2 aliphatic carbocycles. The maximum Gasteiger partial charge on any atom is 0.246 e. The van der Waals surface area contributed by atoms with E-state index in [1.54, 1.807) is 61.3 Å². The number of nitrogens with one attached hydrogen (secondary N) is 6. The zero-order valence-corrected chi connectivity index (χ0v) is 47.5. The fourth-order valence-corrected chi connectivity index (χ4v) is 15.0. The van der Waals surface area contributed by atoms with Gasteiger partial charge in [-0.1, -0.05) is 89.1 Å². The molecule has 4 fully saturated rings. The predicted octanol–water partition coefficient (Wildman–Crippen LogP) is 5.35. The van der Waals surface area contributed by atoms with E-state index in [4.69, 9.17) is 9.47 Å². The highest BCUT2D eigenvalue weighted by Crippen LogP contribution is 2.48. The molecule has 410 valence electrons. The van der Waals surface area contributed by atoms with Gasteiger partial charge in [-0.15, -0.1) is 48.3 Å². The van der Waals surface area contributed by atoms with Crippen LogP contribution in [0.25, 0.3) is 0 Å². The van der Waals surface area contributed by atoms with Gasteiger partial charge < -0.3 is 51.2 Å². The smallest absolute Gasteiger partial charge is 0.246 e. The van der Waals surface area contributed by atoms with Crippen molar-refractivity contribution in [1.82, 2.24) is 41.7 Å². The van der Waals surface area contributed by atoms with E-state index in [9.17, 15) is 28.8 Å². The van der Waals surface area contributed by atoms with E-state index in [2.05, 4.69) is 83.9 Å². The Morgan fingerprint density at radius 2 is 0.986 bits per heavy atom. The first kappa shape index (κ1) is 59.6. The van der Waals surface area contributed by atoms with Gasteiger partial charge in [-0.25, -0.2) is 0 Å². The number of unbranched alkanes of at least 4 members (excludes halogenated alkanes) is 3. The Morgan fingerprint density at radius 3 is 1.36 bits per heavy atom. The van der Waals surface area contributed by atoms with Gasteiger partial charge in [0.25, 0.3) is 0 Å². The summed E-state index contributed by atoms with van der Waals surface area (Å²) < 4.78 is 13.2. The highest BCUT2D eigenvalue weighted by molar-refractivity contribution is 8.00. The summed E-state index contributed by atoms with van der Waals surface area (Å²) in [5, 5.41) is 18.2. The summed E-state index contributed by atoms with van der Waals surface area (Å²) in [4.78, 5) is 86.8. The number of benzene rings is 2. The Kier molecular flexibility index (Phi) is 20.7. The Hall–Kier alpha value is -3.62. The molecule has 4 aliphatic heterocycles. The van der Waals surface area contributed by atoms with E-state index in [-0.39, 0.29) is 95.3 Å². The van der Waals surface area contributed by atoms with Crippen LogP contribution in [0.3, 0.4) is 0 Å². The molecule has 2 aromatic rings. The Bertz CT molecular complexity index is 2170. The molecular formula is C54H80Cl2N8O8S2. The number of likely N-dealkylation sites (N-methyl/N-ethyl adjacent to an activating group) is 2. The van der Waals surface area contributed by atoms with E-state index in [1.807, 2.05) is 24.3 Å². The summed E-state index contributed by atoms with van der Waals surface area (Å²) in [6.45, 7) is 12.8. The number of hydrogen-bond acceptors (Lipinski definition) is 12. The molecule has 12 atom stereocenters. The number of rotatable bonds is 19. The van der Waals surface area contributed by atoms with Crippen LogP contribution in [0.2, 0.25) is 0 Å². The van der Waals surface area contributed by atoms with Crippen molar-refractivity contribution in [2.24, 2.45) is 10.8 Å². The monoisotopic (exact) mass is 1100 g/mol. The molecule has 0 aromatic heterocycles. The van der Waals surface area contributed by atoms with Gasteiger partial charge in [0.15, 0.2) is 0 Å². The fourth-order valence-electron chi connectivity index (χ4n) is 11.8. The van der Waals surface area contributed by atoms with Crippen LogP contribution in [0.15, 0.2) is 48.5 Å². The highest BCUT2D eigenvalue weighted by atomic mass is 35.5. The Morgan fingerprint density at radius 1 is 0.608 bits per heavy atom. The first-order chi connectivity index (χ1) is 34.4. The third kappa shape index (κ3) is 12.9. The standard InChI is InChI=1S/C54H78N8O8S2.2ClH/c1-31(55-7)47(63)57-37-21-25-71-41-29-53(3,4)45(61(41)51(37)67)49(65)59-43-35-19-13-11-17-33(35)27-39(43)69-23-15-9-10-16-24-70-40-28-34-18-12-14-20-36(34)44(40)60-50(66)46-54(5,6)30-42-62(46)52(68)38(22-26-72-42)58-48(64)32(2)56-8;;/h11-14,17-20,31-32,37-46,55-56H,9-10,15-16,21-30H2,1-8H3,(H,57,63)(H,58,64)(H,59,65)(H,60,66);2*1H/t31?,32?,37-,38-,39+,40+,41-,42-,43-,44-,45+,46+;;/m0../s1. The van der Waals surface area contributed by atoms with Crippen molar-refractivity contribution in [3.63, 3.8) is 0 Å². The molecule has 20 heteroatoms. The number of carbonyl (C=O) groups excluding carboxylic acids is 6. The summed E-state index contributed by atoms with van der Waals surface area (Å²) >= 11 is 3.37. The van der Waals surface area contributed by atoms with Crippen molar-refractivity contribution in [2.75, 3.05) is 38.8 Å². The largest absolute Gasteiger partial charge is 0.375 e. The Labute approximate surface area is 458 Å². The van der Waals surface area contributed by atoms with Gasteiger partial charge in [-0.3, -0.25) is 28.8 Å². The summed E-state index contributed by atoms with van der Waals surface area (Å²) in [6.07, 6.45) is 6.71. The number of thioether (sulfide) groups is 2. The number of amides is 6.